The van der Waals surface area contributed by atoms with Crippen LogP contribution in [0.25, 0.3) is 16.8 Å². The lowest BCUT2D eigenvalue weighted by Gasteiger charge is -1.99. The van der Waals surface area contributed by atoms with Crippen molar-refractivity contribution in [1.29, 1.82) is 0 Å². The fraction of sp³-hybridized carbons (Fsp3) is 0. The molecule has 0 amide bonds. The summed E-state index contributed by atoms with van der Waals surface area (Å²) in [7, 11) is 0. The van der Waals surface area contributed by atoms with Crippen LogP contribution in [0.15, 0.2) is 48.7 Å². The summed E-state index contributed by atoms with van der Waals surface area (Å²) in [6.45, 7) is 0. The molecule has 2 rings (SSSR count). The van der Waals surface area contributed by atoms with Crippen LogP contribution in [0.2, 0.25) is 0 Å². The zero-order valence-electron chi connectivity index (χ0n) is 7.96. The van der Waals surface area contributed by atoms with Gasteiger partial charge in [0.2, 0.25) is 6.20 Å². The quantitative estimate of drug-likeness (QED) is 0.551. The molecule has 0 saturated carbocycles. The molecule has 3 nitrogen and oxygen atoms in total. The summed E-state index contributed by atoms with van der Waals surface area (Å²) < 4.78 is 0. The molecule has 0 atom stereocenters. The molecule has 0 unspecified atom stereocenters. The SMILES string of the molecule is O=[N+]([O-])/C=C/c1cccc2ccccc12. The van der Waals surface area contributed by atoms with Gasteiger partial charge in [-0.15, -0.1) is 0 Å². The van der Waals surface area contributed by atoms with E-state index in [1.165, 1.54) is 6.08 Å². The van der Waals surface area contributed by atoms with Gasteiger partial charge in [-0.2, -0.15) is 0 Å². The highest BCUT2D eigenvalue weighted by molar-refractivity contribution is 5.90. The molecular weight excluding hydrogens is 190 g/mol. The first kappa shape index (κ1) is 9.40. The van der Waals surface area contributed by atoms with E-state index < -0.39 is 4.92 Å². The van der Waals surface area contributed by atoms with Crippen molar-refractivity contribution in [2.75, 3.05) is 0 Å². The summed E-state index contributed by atoms with van der Waals surface area (Å²) in [5.74, 6) is 0. The molecule has 0 spiro atoms. The number of hydrogen-bond donors (Lipinski definition) is 0. The van der Waals surface area contributed by atoms with Gasteiger partial charge in [-0.3, -0.25) is 10.1 Å². The predicted molar refractivity (Wildman–Crippen MR) is 60.0 cm³/mol. The van der Waals surface area contributed by atoms with E-state index in [1.54, 1.807) is 0 Å². The van der Waals surface area contributed by atoms with Crippen molar-refractivity contribution in [2.24, 2.45) is 0 Å². The Bertz CT molecular complexity index is 527. The minimum absolute atomic E-state index is 0.457. The Morgan fingerprint density at radius 2 is 1.80 bits per heavy atom. The van der Waals surface area contributed by atoms with Crippen molar-refractivity contribution >= 4 is 16.8 Å². The fourth-order valence-corrected chi connectivity index (χ4v) is 1.54. The summed E-state index contributed by atoms with van der Waals surface area (Å²) in [5.41, 5.74) is 0.866. The Labute approximate surface area is 86.8 Å². The van der Waals surface area contributed by atoms with Crippen LogP contribution in [0.5, 0.6) is 0 Å². The third kappa shape index (κ3) is 2.02. The number of benzene rings is 2. The number of nitrogens with zero attached hydrogens (tertiary/aromatic N) is 1. The Kier molecular flexibility index (Phi) is 2.46. The molecule has 0 fully saturated rings. The highest BCUT2D eigenvalue weighted by Gasteiger charge is 1.97. The number of hydrogen-bond acceptors (Lipinski definition) is 2. The maximum atomic E-state index is 10.2. The molecule has 0 aliphatic heterocycles. The van der Waals surface area contributed by atoms with Gasteiger partial charge < -0.3 is 0 Å². The number of rotatable bonds is 2. The van der Waals surface area contributed by atoms with E-state index in [-0.39, 0.29) is 0 Å². The van der Waals surface area contributed by atoms with Gasteiger partial charge in [0.1, 0.15) is 0 Å². The summed E-state index contributed by atoms with van der Waals surface area (Å²) in [6.07, 6.45) is 2.48. The molecule has 0 aliphatic rings. The van der Waals surface area contributed by atoms with Gasteiger partial charge in [-0.25, -0.2) is 0 Å². The molecule has 74 valence electrons. The van der Waals surface area contributed by atoms with Gasteiger partial charge in [0.15, 0.2) is 0 Å². The molecule has 2 aromatic rings. The number of nitro groups is 1. The van der Waals surface area contributed by atoms with Crippen LogP contribution < -0.4 is 0 Å². The Morgan fingerprint density at radius 1 is 1.07 bits per heavy atom. The second-order valence-electron chi connectivity index (χ2n) is 3.17. The number of fused-ring (bicyclic) bond motifs is 1. The van der Waals surface area contributed by atoms with Crippen molar-refractivity contribution in [1.82, 2.24) is 0 Å². The topological polar surface area (TPSA) is 43.1 Å². The standard InChI is InChI=1S/C12H9NO2/c14-13(15)9-8-11-6-3-5-10-4-1-2-7-12(10)11/h1-9H/b9-8+. The summed E-state index contributed by atoms with van der Waals surface area (Å²) >= 11 is 0. The van der Waals surface area contributed by atoms with E-state index in [4.69, 9.17) is 0 Å². The largest absolute Gasteiger partial charge is 0.259 e. The molecule has 0 N–H and O–H groups in total. The third-order valence-electron chi connectivity index (χ3n) is 2.20. The highest BCUT2D eigenvalue weighted by Crippen LogP contribution is 2.19. The van der Waals surface area contributed by atoms with Crippen LogP contribution in [0, 0.1) is 10.1 Å². The van der Waals surface area contributed by atoms with E-state index in [2.05, 4.69) is 0 Å². The van der Waals surface area contributed by atoms with E-state index in [1.807, 2.05) is 42.5 Å². The van der Waals surface area contributed by atoms with E-state index in [9.17, 15) is 10.1 Å². The van der Waals surface area contributed by atoms with Crippen molar-refractivity contribution in [3.63, 3.8) is 0 Å². The first-order chi connectivity index (χ1) is 7.27. The smallest absolute Gasteiger partial charge is 0.235 e. The molecule has 0 bridgehead atoms. The van der Waals surface area contributed by atoms with Gasteiger partial charge in [0.05, 0.1) is 4.92 Å². The molecule has 0 aromatic heterocycles. The monoisotopic (exact) mass is 199 g/mol. The van der Waals surface area contributed by atoms with Crippen LogP contribution in [0.1, 0.15) is 5.56 Å². The second-order valence-corrected chi connectivity index (χ2v) is 3.17. The molecule has 15 heavy (non-hydrogen) atoms. The van der Waals surface area contributed by atoms with E-state index in [0.29, 0.717) is 0 Å². The maximum absolute atomic E-state index is 10.2. The normalized spacial score (nSPS) is 10.9. The van der Waals surface area contributed by atoms with Crippen LogP contribution >= 0.6 is 0 Å². The van der Waals surface area contributed by atoms with Gasteiger partial charge in [-0.05, 0) is 16.3 Å². The average molecular weight is 199 g/mol. The van der Waals surface area contributed by atoms with Crippen LogP contribution in [0.4, 0.5) is 0 Å². The van der Waals surface area contributed by atoms with Crippen molar-refractivity contribution in [3.05, 3.63) is 64.3 Å². The minimum atomic E-state index is -0.457. The predicted octanol–water partition coefficient (Wildman–Crippen LogP) is 3.09. The first-order valence-electron chi connectivity index (χ1n) is 4.57. The first-order valence-corrected chi connectivity index (χ1v) is 4.57. The third-order valence-corrected chi connectivity index (χ3v) is 2.20. The van der Waals surface area contributed by atoms with Crippen LogP contribution in [-0.2, 0) is 0 Å². The molecule has 3 heteroatoms. The summed E-state index contributed by atoms with van der Waals surface area (Å²) in [6, 6.07) is 13.5. The Morgan fingerprint density at radius 3 is 2.60 bits per heavy atom. The molecule has 2 aromatic carbocycles. The Balaban J connectivity index is 2.56. The summed E-state index contributed by atoms with van der Waals surface area (Å²) in [4.78, 5) is 9.77. The molecule has 0 saturated heterocycles. The van der Waals surface area contributed by atoms with Crippen molar-refractivity contribution in [2.45, 2.75) is 0 Å². The summed E-state index contributed by atoms with van der Waals surface area (Å²) in [5, 5.41) is 12.3. The Hall–Kier alpha value is -2.16. The molecule has 0 aliphatic carbocycles. The van der Waals surface area contributed by atoms with Crippen molar-refractivity contribution in [3.8, 4) is 0 Å². The zero-order chi connectivity index (χ0) is 10.7. The highest BCUT2D eigenvalue weighted by atomic mass is 16.6. The van der Waals surface area contributed by atoms with E-state index >= 15 is 0 Å². The van der Waals surface area contributed by atoms with Gasteiger partial charge in [-0.1, -0.05) is 42.5 Å². The lowest BCUT2D eigenvalue weighted by molar-refractivity contribution is -0.400. The van der Waals surface area contributed by atoms with Gasteiger partial charge in [0.25, 0.3) is 0 Å². The maximum Gasteiger partial charge on any atom is 0.235 e. The van der Waals surface area contributed by atoms with Crippen molar-refractivity contribution < 1.29 is 4.92 Å². The molecule has 0 radical (unpaired) electrons. The average Bonchev–Trinajstić information content (AvgIpc) is 2.26. The van der Waals surface area contributed by atoms with Crippen LogP contribution in [-0.4, -0.2) is 4.92 Å². The van der Waals surface area contributed by atoms with Gasteiger partial charge in [0, 0.05) is 6.08 Å². The fourth-order valence-electron chi connectivity index (χ4n) is 1.54. The minimum Gasteiger partial charge on any atom is -0.259 e. The van der Waals surface area contributed by atoms with E-state index in [0.717, 1.165) is 22.5 Å². The molecular formula is C12H9NO2. The van der Waals surface area contributed by atoms with Crippen LogP contribution in [0.3, 0.4) is 0 Å². The van der Waals surface area contributed by atoms with Gasteiger partial charge >= 0.3 is 0 Å². The lowest BCUT2D eigenvalue weighted by Crippen LogP contribution is -1.83. The second kappa shape index (κ2) is 3.92. The molecule has 0 heterocycles. The zero-order valence-corrected chi connectivity index (χ0v) is 7.96. The lowest BCUT2D eigenvalue weighted by atomic mass is 10.0.